The molecular formula is C18H20ClN5O5. The second-order valence-electron chi connectivity index (χ2n) is 6.01. The van der Waals surface area contributed by atoms with E-state index in [1.807, 2.05) is 6.92 Å². The quantitative estimate of drug-likeness (QED) is 0.477. The fraction of sp³-hybridized carbons (Fsp3) is 0.389. The van der Waals surface area contributed by atoms with Gasteiger partial charge in [-0.05, 0) is 19.1 Å². The lowest BCUT2D eigenvalue weighted by molar-refractivity contribution is -0.153. The molecule has 3 rings (SSSR count). The highest BCUT2D eigenvalue weighted by molar-refractivity contribution is 6.32. The van der Waals surface area contributed by atoms with Crippen LogP contribution in [0, 0.1) is 0 Å². The Morgan fingerprint density at radius 3 is 2.79 bits per heavy atom. The number of halogens is 1. The third-order valence-electron chi connectivity index (χ3n) is 3.92. The van der Waals surface area contributed by atoms with E-state index in [9.17, 15) is 4.79 Å². The average molecular weight is 422 g/mol. The molecule has 0 aliphatic heterocycles. The molecule has 0 saturated carbocycles. The predicted molar refractivity (Wildman–Crippen MR) is 103 cm³/mol. The largest absolute Gasteiger partial charge is 0.466 e. The van der Waals surface area contributed by atoms with Crippen LogP contribution < -0.4 is 4.74 Å². The van der Waals surface area contributed by atoms with Crippen molar-refractivity contribution in [2.45, 2.75) is 19.1 Å². The highest BCUT2D eigenvalue weighted by Gasteiger charge is 2.25. The molecule has 0 saturated heterocycles. The number of carbonyl (C=O) groups excluding carboxylic acids is 1. The van der Waals surface area contributed by atoms with Gasteiger partial charge < -0.3 is 18.9 Å². The Morgan fingerprint density at radius 2 is 2.07 bits per heavy atom. The smallest absolute Gasteiger partial charge is 0.349 e. The van der Waals surface area contributed by atoms with Gasteiger partial charge in [-0.15, -0.1) is 0 Å². The van der Waals surface area contributed by atoms with Crippen LogP contribution in [0.15, 0.2) is 30.9 Å². The van der Waals surface area contributed by atoms with Gasteiger partial charge in [-0.2, -0.15) is 9.78 Å². The third-order valence-corrected chi connectivity index (χ3v) is 4.22. The molecule has 0 aromatic carbocycles. The van der Waals surface area contributed by atoms with Gasteiger partial charge in [0.2, 0.25) is 12.0 Å². The van der Waals surface area contributed by atoms with Crippen molar-refractivity contribution in [1.29, 1.82) is 0 Å². The first-order chi connectivity index (χ1) is 14.0. The molecule has 0 radical (unpaired) electrons. The van der Waals surface area contributed by atoms with E-state index in [0.717, 1.165) is 0 Å². The van der Waals surface area contributed by atoms with Crippen LogP contribution in [0.5, 0.6) is 5.88 Å². The van der Waals surface area contributed by atoms with Crippen molar-refractivity contribution >= 4 is 28.6 Å². The maximum absolute atomic E-state index is 12.1. The Kier molecular flexibility index (Phi) is 6.91. The fourth-order valence-corrected chi connectivity index (χ4v) is 2.76. The van der Waals surface area contributed by atoms with Gasteiger partial charge in [-0.25, -0.2) is 19.7 Å². The van der Waals surface area contributed by atoms with Crippen molar-refractivity contribution in [2.75, 3.05) is 27.4 Å². The van der Waals surface area contributed by atoms with Crippen LogP contribution in [-0.2, 0) is 19.0 Å². The Hall–Kier alpha value is -2.82. The molecule has 3 heterocycles. The minimum absolute atomic E-state index is 0.0388. The number of hydrogen-bond acceptors (Lipinski definition) is 9. The van der Waals surface area contributed by atoms with Crippen LogP contribution in [0.3, 0.4) is 0 Å². The van der Waals surface area contributed by atoms with Crippen molar-refractivity contribution in [1.82, 2.24) is 24.7 Å². The number of pyridine rings is 1. The highest BCUT2D eigenvalue weighted by Crippen LogP contribution is 2.26. The lowest BCUT2D eigenvalue weighted by Gasteiger charge is -2.19. The van der Waals surface area contributed by atoms with E-state index in [2.05, 4.69) is 20.1 Å². The molecule has 0 amide bonds. The van der Waals surface area contributed by atoms with Gasteiger partial charge in [0, 0.05) is 13.3 Å². The number of rotatable bonds is 9. The van der Waals surface area contributed by atoms with Crippen molar-refractivity contribution < 1.29 is 23.7 Å². The second kappa shape index (κ2) is 9.59. The topological polar surface area (TPSA) is 110 Å². The van der Waals surface area contributed by atoms with Crippen molar-refractivity contribution in [3.63, 3.8) is 0 Å². The first kappa shape index (κ1) is 20.9. The number of esters is 1. The van der Waals surface area contributed by atoms with Crippen LogP contribution in [0.25, 0.3) is 16.9 Å². The summed E-state index contributed by atoms with van der Waals surface area (Å²) in [4.78, 5) is 24.7. The molecule has 1 unspecified atom stereocenters. The summed E-state index contributed by atoms with van der Waals surface area (Å²) < 4.78 is 22.7. The molecule has 0 aliphatic rings. The van der Waals surface area contributed by atoms with Gasteiger partial charge in [0.25, 0.3) is 0 Å². The molecule has 10 nitrogen and oxygen atoms in total. The number of nitrogens with zero attached hydrogens (tertiary/aromatic N) is 5. The van der Waals surface area contributed by atoms with E-state index in [1.54, 1.807) is 25.4 Å². The molecule has 0 bridgehead atoms. The average Bonchev–Trinajstić information content (AvgIpc) is 3.16. The summed E-state index contributed by atoms with van der Waals surface area (Å²) in [6, 6.07) is 3.41. The monoisotopic (exact) mass is 421 g/mol. The van der Waals surface area contributed by atoms with Crippen LogP contribution >= 0.6 is 11.6 Å². The van der Waals surface area contributed by atoms with E-state index in [-0.39, 0.29) is 18.6 Å². The SMILES string of the molecule is COCC(C)OC[C@H](Oc1ncnc2c1cnn2-c1ncccc1Cl)C(=O)OC. The Morgan fingerprint density at radius 1 is 1.24 bits per heavy atom. The zero-order chi connectivity index (χ0) is 20.8. The number of carbonyl (C=O) groups is 1. The number of aromatic nitrogens is 5. The van der Waals surface area contributed by atoms with Gasteiger partial charge in [0.15, 0.2) is 11.5 Å². The second-order valence-corrected chi connectivity index (χ2v) is 6.42. The van der Waals surface area contributed by atoms with E-state index >= 15 is 0 Å². The summed E-state index contributed by atoms with van der Waals surface area (Å²) in [6.45, 7) is 2.16. The van der Waals surface area contributed by atoms with Gasteiger partial charge in [-0.3, -0.25) is 0 Å². The minimum Gasteiger partial charge on any atom is -0.466 e. The molecule has 154 valence electrons. The molecule has 29 heavy (non-hydrogen) atoms. The molecule has 0 spiro atoms. The van der Waals surface area contributed by atoms with Gasteiger partial charge in [-0.1, -0.05) is 11.6 Å². The Labute approximate surface area is 171 Å². The van der Waals surface area contributed by atoms with Crippen LogP contribution in [0.1, 0.15) is 6.92 Å². The van der Waals surface area contributed by atoms with E-state index < -0.39 is 12.1 Å². The zero-order valence-corrected chi connectivity index (χ0v) is 16.9. The summed E-state index contributed by atoms with van der Waals surface area (Å²) in [5.74, 6) is -0.0247. The third kappa shape index (κ3) is 4.78. The minimum atomic E-state index is -1.03. The lowest BCUT2D eigenvalue weighted by atomic mass is 10.3. The number of ether oxygens (including phenoxy) is 4. The Bertz CT molecular complexity index is 982. The molecule has 0 aliphatic carbocycles. The Balaban J connectivity index is 1.88. The molecule has 0 fully saturated rings. The van der Waals surface area contributed by atoms with Gasteiger partial charge >= 0.3 is 5.97 Å². The zero-order valence-electron chi connectivity index (χ0n) is 16.1. The van der Waals surface area contributed by atoms with Crippen LogP contribution in [0.2, 0.25) is 5.02 Å². The summed E-state index contributed by atoms with van der Waals surface area (Å²) in [7, 11) is 2.84. The lowest BCUT2D eigenvalue weighted by Crippen LogP contribution is -2.35. The highest BCUT2D eigenvalue weighted by atomic mass is 35.5. The van der Waals surface area contributed by atoms with E-state index in [4.69, 9.17) is 30.5 Å². The summed E-state index contributed by atoms with van der Waals surface area (Å²) in [5, 5.41) is 5.17. The number of methoxy groups -OCH3 is 2. The maximum atomic E-state index is 12.1. The van der Waals surface area contributed by atoms with Crippen LogP contribution in [-0.4, -0.2) is 70.3 Å². The van der Waals surface area contributed by atoms with Crippen molar-refractivity contribution in [3.05, 3.63) is 35.9 Å². The molecule has 3 aromatic heterocycles. The van der Waals surface area contributed by atoms with Gasteiger partial charge in [0.1, 0.15) is 11.7 Å². The molecular weight excluding hydrogens is 402 g/mol. The molecule has 2 atom stereocenters. The van der Waals surface area contributed by atoms with Gasteiger partial charge in [0.05, 0.1) is 37.6 Å². The predicted octanol–water partition coefficient (Wildman–Crippen LogP) is 1.84. The van der Waals surface area contributed by atoms with Crippen molar-refractivity contribution in [3.8, 4) is 11.7 Å². The number of hydrogen-bond donors (Lipinski definition) is 0. The van der Waals surface area contributed by atoms with Crippen molar-refractivity contribution in [2.24, 2.45) is 0 Å². The summed E-state index contributed by atoms with van der Waals surface area (Å²) >= 11 is 6.21. The van der Waals surface area contributed by atoms with E-state index in [1.165, 1.54) is 24.3 Å². The van der Waals surface area contributed by atoms with Crippen LogP contribution in [0.4, 0.5) is 0 Å². The summed E-state index contributed by atoms with van der Waals surface area (Å²) in [6.07, 6.45) is 3.15. The molecule has 0 N–H and O–H groups in total. The molecule has 11 heteroatoms. The molecule has 3 aromatic rings. The number of fused-ring (bicyclic) bond motifs is 1. The van der Waals surface area contributed by atoms with E-state index in [0.29, 0.717) is 28.5 Å². The first-order valence-corrected chi connectivity index (χ1v) is 9.07. The fourth-order valence-electron chi connectivity index (χ4n) is 2.56. The standard InChI is InChI=1S/C18H20ClN5O5/c1-11(8-26-2)28-9-14(18(25)27-3)29-17-12-7-23-24(15(12)21-10-22-17)16-13(19)5-4-6-20-16/h4-7,10-11,14H,8-9H2,1-3H3/t11?,14-/m0/s1. The summed E-state index contributed by atoms with van der Waals surface area (Å²) in [5.41, 5.74) is 0.424. The maximum Gasteiger partial charge on any atom is 0.349 e. The normalized spacial score (nSPS) is 13.2. The first-order valence-electron chi connectivity index (χ1n) is 8.69.